The van der Waals surface area contributed by atoms with E-state index in [2.05, 4.69) is 80.5 Å². The van der Waals surface area contributed by atoms with Crippen molar-refractivity contribution in [2.45, 2.75) is 46.1 Å². The Morgan fingerprint density at radius 1 is 0.963 bits per heavy atom. The summed E-state index contributed by atoms with van der Waals surface area (Å²) in [5, 5.41) is 5.67. The first kappa shape index (κ1) is 17.7. The van der Waals surface area contributed by atoms with E-state index in [1.54, 1.807) is 0 Å². The molecule has 0 amide bonds. The molecule has 3 nitrogen and oxygen atoms in total. The zero-order valence-electron chi connectivity index (χ0n) is 16.3. The molecule has 2 heterocycles. The van der Waals surface area contributed by atoms with Crippen molar-refractivity contribution in [3.8, 4) is 0 Å². The van der Waals surface area contributed by atoms with Gasteiger partial charge in [-0.3, -0.25) is 4.98 Å². The van der Waals surface area contributed by atoms with Gasteiger partial charge in [-0.25, -0.2) is 0 Å². The second-order valence-corrected chi connectivity index (χ2v) is 7.99. The van der Waals surface area contributed by atoms with Crippen molar-refractivity contribution < 1.29 is 4.84 Å². The molecule has 0 fully saturated rings. The molecule has 1 aliphatic heterocycles. The molecule has 1 atom stereocenters. The standard InChI is InChI=1S/C24H26N2O/c1-17-15-19(25-21-12-8-7-11-20(17)21)16-23-24(2,3)22(26-27-23)14-13-18-9-5-4-6-10-18/h4-12,15,23H,13-14,16H2,1-3H3. The van der Waals surface area contributed by atoms with Crippen LogP contribution in [0.1, 0.15) is 37.1 Å². The molecule has 0 saturated heterocycles. The van der Waals surface area contributed by atoms with E-state index in [9.17, 15) is 0 Å². The zero-order valence-corrected chi connectivity index (χ0v) is 16.3. The summed E-state index contributed by atoms with van der Waals surface area (Å²) in [5.74, 6) is 0. The number of fused-ring (bicyclic) bond motifs is 1. The van der Waals surface area contributed by atoms with Gasteiger partial charge in [0.25, 0.3) is 0 Å². The first-order chi connectivity index (χ1) is 13.0. The first-order valence-electron chi connectivity index (χ1n) is 9.66. The summed E-state index contributed by atoms with van der Waals surface area (Å²) in [6.07, 6.45) is 2.72. The van der Waals surface area contributed by atoms with Gasteiger partial charge in [0, 0.05) is 22.9 Å². The smallest absolute Gasteiger partial charge is 0.143 e. The van der Waals surface area contributed by atoms with Gasteiger partial charge in [0.05, 0.1) is 11.2 Å². The lowest BCUT2D eigenvalue weighted by Crippen LogP contribution is -2.34. The summed E-state index contributed by atoms with van der Waals surface area (Å²) in [5.41, 5.74) is 5.78. The number of hydrogen-bond donors (Lipinski definition) is 0. The number of benzene rings is 2. The van der Waals surface area contributed by atoms with E-state index in [-0.39, 0.29) is 11.5 Å². The van der Waals surface area contributed by atoms with Gasteiger partial charge in [-0.05, 0) is 43.0 Å². The quantitative estimate of drug-likeness (QED) is 0.603. The minimum Gasteiger partial charge on any atom is -0.391 e. The van der Waals surface area contributed by atoms with Gasteiger partial charge >= 0.3 is 0 Å². The number of para-hydroxylation sites is 1. The highest BCUT2D eigenvalue weighted by Gasteiger charge is 2.41. The summed E-state index contributed by atoms with van der Waals surface area (Å²) >= 11 is 0. The summed E-state index contributed by atoms with van der Waals surface area (Å²) in [7, 11) is 0. The molecule has 3 heteroatoms. The predicted molar refractivity (Wildman–Crippen MR) is 111 cm³/mol. The highest BCUT2D eigenvalue weighted by atomic mass is 16.6. The molecule has 0 spiro atoms. The molecule has 4 rings (SSSR count). The van der Waals surface area contributed by atoms with Crippen LogP contribution in [0.15, 0.2) is 65.8 Å². The van der Waals surface area contributed by atoms with Gasteiger partial charge in [-0.15, -0.1) is 0 Å². The molecule has 1 aromatic heterocycles. The number of rotatable bonds is 5. The SMILES string of the molecule is Cc1cc(CC2ON=C(CCc3ccccc3)C2(C)C)nc2ccccc12. The Bertz CT molecular complexity index is 976. The van der Waals surface area contributed by atoms with Crippen LogP contribution in [-0.2, 0) is 17.7 Å². The molecular formula is C24H26N2O. The molecule has 0 aliphatic carbocycles. The third-order valence-electron chi connectivity index (χ3n) is 5.70. The van der Waals surface area contributed by atoms with Crippen molar-refractivity contribution in [3.63, 3.8) is 0 Å². The number of aromatic nitrogens is 1. The second kappa shape index (κ2) is 7.15. The minimum atomic E-state index is -0.0873. The van der Waals surface area contributed by atoms with Crippen LogP contribution < -0.4 is 0 Å². The van der Waals surface area contributed by atoms with E-state index >= 15 is 0 Å². The summed E-state index contributed by atoms with van der Waals surface area (Å²) in [6.45, 7) is 6.63. The maximum atomic E-state index is 5.87. The molecule has 138 valence electrons. The van der Waals surface area contributed by atoms with Crippen LogP contribution in [0.2, 0.25) is 0 Å². The van der Waals surface area contributed by atoms with E-state index in [0.29, 0.717) is 0 Å². The van der Waals surface area contributed by atoms with Gasteiger partial charge in [-0.1, -0.05) is 67.5 Å². The third kappa shape index (κ3) is 3.59. The van der Waals surface area contributed by atoms with Crippen molar-refractivity contribution in [3.05, 3.63) is 77.5 Å². The molecular weight excluding hydrogens is 332 g/mol. The fourth-order valence-electron chi connectivity index (χ4n) is 3.84. The van der Waals surface area contributed by atoms with Crippen molar-refractivity contribution in [2.24, 2.45) is 10.6 Å². The van der Waals surface area contributed by atoms with Crippen LogP contribution in [0, 0.1) is 12.3 Å². The highest BCUT2D eigenvalue weighted by Crippen LogP contribution is 2.35. The van der Waals surface area contributed by atoms with E-state index in [1.807, 2.05) is 6.07 Å². The molecule has 1 unspecified atom stereocenters. The Morgan fingerprint density at radius 2 is 1.70 bits per heavy atom. The number of pyridine rings is 1. The number of hydrogen-bond acceptors (Lipinski definition) is 3. The van der Waals surface area contributed by atoms with Gasteiger partial charge in [0.1, 0.15) is 6.10 Å². The molecule has 1 aliphatic rings. The van der Waals surface area contributed by atoms with Crippen LogP contribution in [0.5, 0.6) is 0 Å². The van der Waals surface area contributed by atoms with Crippen LogP contribution in [-0.4, -0.2) is 16.8 Å². The second-order valence-electron chi connectivity index (χ2n) is 7.99. The minimum absolute atomic E-state index is 0.0244. The highest BCUT2D eigenvalue weighted by molar-refractivity contribution is 5.91. The molecule has 27 heavy (non-hydrogen) atoms. The van der Waals surface area contributed by atoms with Crippen molar-refractivity contribution in [2.75, 3.05) is 0 Å². The maximum absolute atomic E-state index is 5.87. The number of nitrogens with zero attached hydrogens (tertiary/aromatic N) is 2. The molecule has 0 N–H and O–H groups in total. The third-order valence-corrected chi connectivity index (χ3v) is 5.70. The Balaban J connectivity index is 1.48. The lowest BCUT2D eigenvalue weighted by molar-refractivity contribution is 0.0364. The van der Waals surface area contributed by atoms with E-state index < -0.39 is 0 Å². The average Bonchev–Trinajstić information content (AvgIpc) is 2.94. The van der Waals surface area contributed by atoms with Crippen molar-refractivity contribution >= 4 is 16.6 Å². The van der Waals surface area contributed by atoms with Crippen LogP contribution in [0.3, 0.4) is 0 Å². The van der Waals surface area contributed by atoms with Gasteiger partial charge in [0.15, 0.2) is 0 Å². The topological polar surface area (TPSA) is 34.5 Å². The number of aryl methyl sites for hydroxylation is 2. The fourth-order valence-corrected chi connectivity index (χ4v) is 3.84. The van der Waals surface area contributed by atoms with Crippen LogP contribution >= 0.6 is 0 Å². The Hall–Kier alpha value is -2.68. The van der Waals surface area contributed by atoms with E-state index in [4.69, 9.17) is 9.82 Å². The molecule has 2 aromatic carbocycles. The van der Waals surface area contributed by atoms with Crippen LogP contribution in [0.25, 0.3) is 10.9 Å². The zero-order chi connectivity index (χ0) is 18.9. The first-order valence-corrected chi connectivity index (χ1v) is 9.66. The molecule has 0 saturated carbocycles. The van der Waals surface area contributed by atoms with Crippen molar-refractivity contribution in [1.29, 1.82) is 0 Å². The van der Waals surface area contributed by atoms with Gasteiger partial charge < -0.3 is 4.84 Å². The fraction of sp³-hybridized carbons (Fsp3) is 0.333. The monoisotopic (exact) mass is 358 g/mol. The summed E-state index contributed by atoms with van der Waals surface area (Å²) < 4.78 is 0. The van der Waals surface area contributed by atoms with E-state index in [0.717, 1.165) is 36.2 Å². The Morgan fingerprint density at radius 3 is 2.52 bits per heavy atom. The predicted octanol–water partition coefficient (Wildman–Crippen LogP) is 5.50. The number of oxime groups is 1. The maximum Gasteiger partial charge on any atom is 0.143 e. The lowest BCUT2D eigenvalue weighted by atomic mass is 9.78. The van der Waals surface area contributed by atoms with Crippen LogP contribution in [0.4, 0.5) is 0 Å². The molecule has 3 aromatic rings. The average molecular weight is 358 g/mol. The Labute approximate surface area is 161 Å². The summed E-state index contributed by atoms with van der Waals surface area (Å²) in [6, 6.07) is 21.1. The largest absolute Gasteiger partial charge is 0.391 e. The normalized spacial score (nSPS) is 18.3. The lowest BCUT2D eigenvalue weighted by Gasteiger charge is -2.26. The molecule has 0 bridgehead atoms. The Kier molecular flexibility index (Phi) is 4.69. The van der Waals surface area contributed by atoms with Gasteiger partial charge in [-0.2, -0.15) is 0 Å². The van der Waals surface area contributed by atoms with Gasteiger partial charge in [0.2, 0.25) is 0 Å². The van der Waals surface area contributed by atoms with E-state index in [1.165, 1.54) is 16.5 Å². The molecule has 0 radical (unpaired) electrons. The summed E-state index contributed by atoms with van der Waals surface area (Å²) in [4.78, 5) is 10.7. The van der Waals surface area contributed by atoms with Crippen molar-refractivity contribution in [1.82, 2.24) is 4.98 Å².